The number of methoxy groups -OCH3 is 1. The third kappa shape index (κ3) is 6.08. The molecule has 2 aromatic rings. The standard InChI is InChI=1S/C24H34N2O/c1-20-8-4-5-11-23(20)13-15-26-14-7-10-22(19-26)18-25(2)17-21-9-6-12-24(16-21)27-3/h4-6,8-9,11-12,16,22H,7,10,13-15,17-19H2,1-3H3. The molecule has 1 aliphatic heterocycles. The Morgan fingerprint density at radius 2 is 2.00 bits per heavy atom. The second-order valence-electron chi connectivity index (χ2n) is 8.03. The van der Waals surface area contributed by atoms with Gasteiger partial charge in [0.1, 0.15) is 5.75 Å². The highest BCUT2D eigenvalue weighted by molar-refractivity contribution is 5.28. The Balaban J connectivity index is 1.46. The molecule has 0 amide bonds. The molecule has 0 aliphatic carbocycles. The SMILES string of the molecule is COc1cccc(CN(C)CC2CCCN(CCc3ccccc3C)C2)c1. The van der Waals surface area contributed by atoms with Gasteiger partial charge in [0.25, 0.3) is 0 Å². The molecular formula is C24H34N2O. The van der Waals surface area contributed by atoms with Crippen LogP contribution < -0.4 is 4.74 Å². The number of ether oxygens (including phenoxy) is 1. The summed E-state index contributed by atoms with van der Waals surface area (Å²) in [5, 5.41) is 0. The molecular weight excluding hydrogens is 332 g/mol. The second kappa shape index (κ2) is 9.91. The number of nitrogens with zero attached hydrogens (tertiary/aromatic N) is 2. The maximum atomic E-state index is 5.35. The molecule has 1 unspecified atom stereocenters. The van der Waals surface area contributed by atoms with Crippen LogP contribution in [0.3, 0.4) is 0 Å². The Labute approximate surface area is 164 Å². The molecule has 27 heavy (non-hydrogen) atoms. The van der Waals surface area contributed by atoms with Crippen LogP contribution in [-0.2, 0) is 13.0 Å². The van der Waals surface area contributed by atoms with Crippen LogP contribution in [0.2, 0.25) is 0 Å². The summed E-state index contributed by atoms with van der Waals surface area (Å²) in [6.07, 6.45) is 3.84. The molecule has 1 saturated heterocycles. The van der Waals surface area contributed by atoms with Gasteiger partial charge >= 0.3 is 0 Å². The number of rotatable bonds is 8. The number of hydrogen-bond acceptors (Lipinski definition) is 3. The molecule has 3 rings (SSSR count). The van der Waals surface area contributed by atoms with Crippen molar-refractivity contribution in [2.75, 3.05) is 40.3 Å². The molecule has 0 saturated carbocycles. The van der Waals surface area contributed by atoms with E-state index in [1.165, 1.54) is 55.6 Å². The number of benzene rings is 2. The number of hydrogen-bond donors (Lipinski definition) is 0. The first-order chi connectivity index (χ1) is 13.1. The smallest absolute Gasteiger partial charge is 0.119 e. The van der Waals surface area contributed by atoms with E-state index in [9.17, 15) is 0 Å². The van der Waals surface area contributed by atoms with Crippen LogP contribution in [0.5, 0.6) is 5.75 Å². The molecule has 0 radical (unpaired) electrons. The maximum Gasteiger partial charge on any atom is 0.119 e. The van der Waals surface area contributed by atoms with E-state index in [1.807, 2.05) is 6.07 Å². The molecule has 3 nitrogen and oxygen atoms in total. The zero-order valence-corrected chi connectivity index (χ0v) is 17.2. The van der Waals surface area contributed by atoms with Gasteiger partial charge in [-0.25, -0.2) is 0 Å². The zero-order chi connectivity index (χ0) is 19.1. The first kappa shape index (κ1) is 19.9. The minimum Gasteiger partial charge on any atom is -0.497 e. The van der Waals surface area contributed by atoms with Crippen molar-refractivity contribution in [3.63, 3.8) is 0 Å². The molecule has 1 fully saturated rings. The average molecular weight is 367 g/mol. The monoisotopic (exact) mass is 366 g/mol. The van der Waals surface area contributed by atoms with Crippen molar-refractivity contribution in [1.82, 2.24) is 9.80 Å². The third-order valence-corrected chi connectivity index (χ3v) is 5.72. The highest BCUT2D eigenvalue weighted by Gasteiger charge is 2.21. The Kier molecular flexibility index (Phi) is 7.31. The van der Waals surface area contributed by atoms with Gasteiger partial charge in [0.15, 0.2) is 0 Å². The van der Waals surface area contributed by atoms with Crippen molar-refractivity contribution in [2.24, 2.45) is 5.92 Å². The van der Waals surface area contributed by atoms with Crippen LogP contribution in [-0.4, -0.2) is 50.1 Å². The summed E-state index contributed by atoms with van der Waals surface area (Å²) in [6.45, 7) is 8.04. The van der Waals surface area contributed by atoms with Gasteiger partial charge in [0.2, 0.25) is 0 Å². The molecule has 0 spiro atoms. The highest BCUT2D eigenvalue weighted by Crippen LogP contribution is 2.20. The summed E-state index contributed by atoms with van der Waals surface area (Å²) in [4.78, 5) is 5.13. The lowest BCUT2D eigenvalue weighted by molar-refractivity contribution is 0.142. The van der Waals surface area contributed by atoms with Crippen molar-refractivity contribution >= 4 is 0 Å². The number of piperidine rings is 1. The van der Waals surface area contributed by atoms with E-state index in [0.29, 0.717) is 0 Å². The van der Waals surface area contributed by atoms with Crippen LogP contribution in [0, 0.1) is 12.8 Å². The van der Waals surface area contributed by atoms with Gasteiger partial charge in [0.05, 0.1) is 7.11 Å². The van der Waals surface area contributed by atoms with E-state index in [0.717, 1.165) is 24.8 Å². The van der Waals surface area contributed by atoms with Crippen LogP contribution in [0.1, 0.15) is 29.5 Å². The summed E-state index contributed by atoms with van der Waals surface area (Å²) in [7, 11) is 3.97. The lowest BCUT2D eigenvalue weighted by Crippen LogP contribution is -2.40. The van der Waals surface area contributed by atoms with Crippen LogP contribution in [0.15, 0.2) is 48.5 Å². The maximum absolute atomic E-state index is 5.35. The fourth-order valence-electron chi connectivity index (χ4n) is 4.26. The van der Waals surface area contributed by atoms with Gasteiger partial charge in [-0.15, -0.1) is 0 Å². The summed E-state index contributed by atoms with van der Waals surface area (Å²) in [6, 6.07) is 17.2. The van der Waals surface area contributed by atoms with Gasteiger partial charge in [0, 0.05) is 26.2 Å². The predicted octanol–water partition coefficient (Wildman–Crippen LogP) is 4.39. The predicted molar refractivity (Wildman–Crippen MR) is 113 cm³/mol. The molecule has 2 aromatic carbocycles. The average Bonchev–Trinajstić information content (AvgIpc) is 2.68. The van der Waals surface area contributed by atoms with Gasteiger partial charge < -0.3 is 14.5 Å². The minimum absolute atomic E-state index is 0.770. The van der Waals surface area contributed by atoms with Crippen molar-refractivity contribution < 1.29 is 4.74 Å². The Bertz CT molecular complexity index is 715. The largest absolute Gasteiger partial charge is 0.497 e. The summed E-state index contributed by atoms with van der Waals surface area (Å²) in [5.41, 5.74) is 4.24. The van der Waals surface area contributed by atoms with Crippen molar-refractivity contribution in [1.29, 1.82) is 0 Å². The summed E-state index contributed by atoms with van der Waals surface area (Å²) < 4.78 is 5.35. The van der Waals surface area contributed by atoms with Crippen molar-refractivity contribution in [3.8, 4) is 5.75 Å². The topological polar surface area (TPSA) is 15.7 Å². The Hall–Kier alpha value is -1.84. The van der Waals surface area contributed by atoms with E-state index in [1.54, 1.807) is 7.11 Å². The number of likely N-dealkylation sites (tertiary alicyclic amines) is 1. The molecule has 3 heteroatoms. The Morgan fingerprint density at radius 3 is 2.81 bits per heavy atom. The van der Waals surface area contributed by atoms with Crippen LogP contribution in [0.4, 0.5) is 0 Å². The first-order valence-electron chi connectivity index (χ1n) is 10.2. The zero-order valence-electron chi connectivity index (χ0n) is 17.2. The second-order valence-corrected chi connectivity index (χ2v) is 8.03. The van der Waals surface area contributed by atoms with Gasteiger partial charge in [-0.3, -0.25) is 0 Å². The van der Waals surface area contributed by atoms with E-state index in [2.05, 4.69) is 66.2 Å². The molecule has 0 bridgehead atoms. The Morgan fingerprint density at radius 1 is 1.15 bits per heavy atom. The third-order valence-electron chi connectivity index (χ3n) is 5.72. The molecule has 0 aromatic heterocycles. The molecule has 1 atom stereocenters. The van der Waals surface area contributed by atoms with Gasteiger partial charge in [-0.1, -0.05) is 36.4 Å². The summed E-state index contributed by atoms with van der Waals surface area (Å²) >= 11 is 0. The van der Waals surface area contributed by atoms with Gasteiger partial charge in [-0.05, 0) is 74.5 Å². The van der Waals surface area contributed by atoms with E-state index in [4.69, 9.17) is 4.74 Å². The highest BCUT2D eigenvalue weighted by atomic mass is 16.5. The van der Waals surface area contributed by atoms with Gasteiger partial charge in [-0.2, -0.15) is 0 Å². The molecule has 0 N–H and O–H groups in total. The molecule has 146 valence electrons. The quantitative estimate of drug-likeness (QED) is 0.689. The fraction of sp³-hybridized carbons (Fsp3) is 0.500. The van der Waals surface area contributed by atoms with E-state index in [-0.39, 0.29) is 0 Å². The molecule has 1 aliphatic rings. The lowest BCUT2D eigenvalue weighted by atomic mass is 9.96. The van der Waals surface area contributed by atoms with Crippen molar-refractivity contribution in [3.05, 3.63) is 65.2 Å². The van der Waals surface area contributed by atoms with Crippen molar-refractivity contribution in [2.45, 2.75) is 32.7 Å². The van der Waals surface area contributed by atoms with Crippen LogP contribution in [0.25, 0.3) is 0 Å². The normalized spacial score (nSPS) is 18.0. The first-order valence-corrected chi connectivity index (χ1v) is 10.2. The van der Waals surface area contributed by atoms with Crippen LogP contribution >= 0.6 is 0 Å². The lowest BCUT2D eigenvalue weighted by Gasteiger charge is -2.35. The number of aryl methyl sites for hydroxylation is 1. The van der Waals surface area contributed by atoms with E-state index >= 15 is 0 Å². The minimum atomic E-state index is 0.770. The fourth-order valence-corrected chi connectivity index (χ4v) is 4.26. The summed E-state index contributed by atoms with van der Waals surface area (Å²) in [5.74, 6) is 1.71. The molecule has 1 heterocycles. The van der Waals surface area contributed by atoms with E-state index < -0.39 is 0 Å².